The van der Waals surface area contributed by atoms with Crippen LogP contribution >= 0.6 is 0 Å². The third kappa shape index (κ3) is 1.56. The molecular weight excluding hydrogens is 266 g/mol. The first-order valence-corrected chi connectivity index (χ1v) is 7.35. The summed E-state index contributed by atoms with van der Waals surface area (Å²) < 4.78 is 5.59. The Morgan fingerprint density at radius 2 is 1.86 bits per heavy atom. The van der Waals surface area contributed by atoms with Crippen molar-refractivity contribution < 1.29 is 14.3 Å². The van der Waals surface area contributed by atoms with E-state index in [1.807, 2.05) is 52.0 Å². The third-order valence-electron chi connectivity index (χ3n) is 5.84. The van der Waals surface area contributed by atoms with Gasteiger partial charge in [0.1, 0.15) is 0 Å². The van der Waals surface area contributed by atoms with E-state index in [0.29, 0.717) is 12.8 Å². The molecule has 21 heavy (non-hydrogen) atoms. The van der Waals surface area contributed by atoms with Crippen LogP contribution in [0.2, 0.25) is 0 Å². The van der Waals surface area contributed by atoms with Crippen molar-refractivity contribution in [2.24, 2.45) is 10.8 Å². The van der Waals surface area contributed by atoms with Crippen LogP contribution in [0, 0.1) is 17.8 Å². The molecule has 0 aromatic heterocycles. The number of hydrogen-bond acceptors (Lipinski definition) is 3. The summed E-state index contributed by atoms with van der Waals surface area (Å²) in [6, 6.07) is 7.61. The third-order valence-corrected chi connectivity index (χ3v) is 5.84. The summed E-state index contributed by atoms with van der Waals surface area (Å²) in [5.41, 5.74) is -0.379. The van der Waals surface area contributed by atoms with Gasteiger partial charge in [-0.25, -0.2) is 0 Å². The number of anilines is 1. The number of benzene rings is 1. The van der Waals surface area contributed by atoms with Crippen LogP contribution in [0.5, 0.6) is 0 Å². The van der Waals surface area contributed by atoms with Crippen molar-refractivity contribution >= 4 is 17.6 Å². The molecule has 3 rings (SSSR count). The molecule has 1 saturated carbocycles. The summed E-state index contributed by atoms with van der Waals surface area (Å²) in [4.78, 5) is 25.1. The van der Waals surface area contributed by atoms with E-state index in [9.17, 15) is 9.59 Å². The van der Waals surface area contributed by atoms with Gasteiger partial charge in [-0.1, -0.05) is 32.0 Å². The van der Waals surface area contributed by atoms with E-state index < -0.39 is 16.4 Å². The molecule has 2 unspecified atom stereocenters. The van der Waals surface area contributed by atoms with Gasteiger partial charge in [0.05, 0.1) is 5.41 Å². The number of rotatable bonds is 2. The molecule has 1 saturated heterocycles. The van der Waals surface area contributed by atoms with Crippen LogP contribution in [0.25, 0.3) is 0 Å². The molecule has 1 heterocycles. The monoisotopic (exact) mass is 287 g/mol. The number of hydrogen-bond donors (Lipinski definition) is 1. The highest BCUT2D eigenvalue weighted by Gasteiger charge is 2.75. The van der Waals surface area contributed by atoms with E-state index in [1.165, 1.54) is 0 Å². The molecule has 0 spiro atoms. The van der Waals surface area contributed by atoms with Crippen molar-refractivity contribution in [2.75, 3.05) is 5.32 Å². The molecule has 2 aliphatic rings. The Hall–Kier alpha value is -1.84. The number of carbonyl (C=O) groups is 2. The van der Waals surface area contributed by atoms with Crippen LogP contribution in [-0.4, -0.2) is 17.5 Å². The van der Waals surface area contributed by atoms with Gasteiger partial charge in [-0.3, -0.25) is 9.59 Å². The van der Waals surface area contributed by atoms with Crippen LogP contribution in [0.4, 0.5) is 5.69 Å². The quantitative estimate of drug-likeness (QED) is 0.851. The molecule has 2 fully saturated rings. The van der Waals surface area contributed by atoms with Gasteiger partial charge in [0, 0.05) is 11.1 Å². The van der Waals surface area contributed by atoms with Crippen LogP contribution in [-0.2, 0) is 14.3 Å². The van der Waals surface area contributed by atoms with Crippen LogP contribution in [0.3, 0.4) is 0 Å². The second-order valence-corrected chi connectivity index (χ2v) is 6.94. The standard InChI is InChI=1S/C17H21NO3/c1-11-7-5-6-8-12(11)18-13(19)17-10-9-16(4,14(20)21-17)15(17,2)3/h5-8H,9-10H2,1-4H3,(H,18,19). The number of ether oxygens (including phenoxy) is 1. The maximum atomic E-state index is 12.9. The second-order valence-electron chi connectivity index (χ2n) is 6.94. The zero-order chi connectivity index (χ0) is 15.5. The Labute approximate surface area is 124 Å². The number of para-hydroxylation sites is 1. The lowest BCUT2D eigenvalue weighted by Crippen LogP contribution is -2.50. The predicted octanol–water partition coefficient (Wildman–Crippen LogP) is 3.06. The number of aryl methyl sites for hydroxylation is 1. The first-order valence-electron chi connectivity index (χ1n) is 7.35. The lowest BCUT2D eigenvalue weighted by molar-refractivity contribution is -0.165. The number of esters is 1. The molecule has 112 valence electrons. The summed E-state index contributed by atoms with van der Waals surface area (Å²) in [5.74, 6) is -0.463. The van der Waals surface area contributed by atoms with E-state index in [0.717, 1.165) is 11.3 Å². The molecule has 2 atom stereocenters. The molecule has 0 radical (unpaired) electrons. The number of amides is 1. The van der Waals surface area contributed by atoms with E-state index in [4.69, 9.17) is 4.74 Å². The average Bonchev–Trinajstić information content (AvgIpc) is 2.72. The smallest absolute Gasteiger partial charge is 0.313 e. The summed E-state index contributed by atoms with van der Waals surface area (Å²) in [7, 11) is 0. The zero-order valence-electron chi connectivity index (χ0n) is 12.9. The summed E-state index contributed by atoms with van der Waals surface area (Å²) in [6.07, 6.45) is 1.28. The Bertz CT molecular complexity index is 637. The fourth-order valence-corrected chi connectivity index (χ4v) is 3.68. The van der Waals surface area contributed by atoms with Crippen molar-refractivity contribution in [1.29, 1.82) is 0 Å². The van der Waals surface area contributed by atoms with Crippen molar-refractivity contribution in [3.8, 4) is 0 Å². The maximum Gasteiger partial charge on any atom is 0.313 e. The van der Waals surface area contributed by atoms with E-state index in [2.05, 4.69) is 5.32 Å². The Morgan fingerprint density at radius 3 is 2.38 bits per heavy atom. The molecule has 4 heteroatoms. The lowest BCUT2D eigenvalue weighted by Gasteiger charge is -2.35. The molecule has 1 aliphatic carbocycles. The Balaban J connectivity index is 1.96. The van der Waals surface area contributed by atoms with Crippen molar-refractivity contribution in [3.05, 3.63) is 29.8 Å². The van der Waals surface area contributed by atoms with Crippen LogP contribution in [0.15, 0.2) is 24.3 Å². The fourth-order valence-electron chi connectivity index (χ4n) is 3.68. The maximum absolute atomic E-state index is 12.9. The number of fused-ring (bicyclic) bond motifs is 2. The van der Waals surface area contributed by atoms with Gasteiger partial charge in [-0.2, -0.15) is 0 Å². The largest absolute Gasteiger partial charge is 0.448 e. The first kappa shape index (κ1) is 14.1. The van der Waals surface area contributed by atoms with Gasteiger partial charge in [0.15, 0.2) is 5.60 Å². The molecule has 1 N–H and O–H groups in total. The van der Waals surface area contributed by atoms with Crippen LogP contribution < -0.4 is 5.32 Å². The number of carbonyl (C=O) groups excluding carboxylic acids is 2. The summed E-state index contributed by atoms with van der Waals surface area (Å²) in [5, 5.41) is 2.95. The van der Waals surface area contributed by atoms with E-state index in [-0.39, 0.29) is 11.9 Å². The van der Waals surface area contributed by atoms with E-state index in [1.54, 1.807) is 0 Å². The molecule has 4 nitrogen and oxygen atoms in total. The highest BCUT2D eigenvalue weighted by Crippen LogP contribution is 2.65. The summed E-state index contributed by atoms with van der Waals surface area (Å²) in [6.45, 7) is 7.77. The van der Waals surface area contributed by atoms with Crippen LogP contribution in [0.1, 0.15) is 39.2 Å². The van der Waals surface area contributed by atoms with Crippen molar-refractivity contribution in [3.63, 3.8) is 0 Å². The minimum Gasteiger partial charge on any atom is -0.448 e. The second kappa shape index (κ2) is 4.09. The normalized spacial score (nSPS) is 32.9. The highest BCUT2D eigenvalue weighted by atomic mass is 16.6. The van der Waals surface area contributed by atoms with Gasteiger partial charge in [-0.05, 0) is 38.3 Å². The van der Waals surface area contributed by atoms with Gasteiger partial charge in [-0.15, -0.1) is 0 Å². The minimum absolute atomic E-state index is 0.212. The molecule has 1 aromatic rings. The van der Waals surface area contributed by atoms with Crippen molar-refractivity contribution in [1.82, 2.24) is 0 Å². The summed E-state index contributed by atoms with van der Waals surface area (Å²) >= 11 is 0. The average molecular weight is 287 g/mol. The SMILES string of the molecule is Cc1ccccc1NC(=O)C12CCC(C)(C(=O)O1)C2(C)C. The highest BCUT2D eigenvalue weighted by molar-refractivity contribution is 6.03. The molecule has 1 aromatic carbocycles. The molecule has 1 aliphatic heterocycles. The van der Waals surface area contributed by atoms with Gasteiger partial charge >= 0.3 is 5.97 Å². The first-order chi connectivity index (χ1) is 9.74. The molecule has 1 amide bonds. The van der Waals surface area contributed by atoms with E-state index >= 15 is 0 Å². The Kier molecular flexibility index (Phi) is 2.75. The molecular formula is C17H21NO3. The lowest BCUT2D eigenvalue weighted by atomic mass is 9.66. The Morgan fingerprint density at radius 1 is 1.19 bits per heavy atom. The zero-order valence-corrected chi connectivity index (χ0v) is 12.9. The van der Waals surface area contributed by atoms with Crippen molar-refractivity contribution in [2.45, 2.75) is 46.1 Å². The minimum atomic E-state index is -1.05. The topological polar surface area (TPSA) is 55.4 Å². The fraction of sp³-hybridized carbons (Fsp3) is 0.529. The molecule has 2 bridgehead atoms. The van der Waals surface area contributed by atoms with Gasteiger partial charge in [0.25, 0.3) is 5.91 Å². The number of nitrogens with one attached hydrogen (secondary N) is 1. The van der Waals surface area contributed by atoms with Gasteiger partial charge < -0.3 is 10.1 Å². The van der Waals surface area contributed by atoms with Gasteiger partial charge in [0.2, 0.25) is 0 Å². The predicted molar refractivity (Wildman–Crippen MR) is 79.8 cm³/mol.